The van der Waals surface area contributed by atoms with Crippen molar-refractivity contribution >= 4 is 53.0 Å². The minimum atomic E-state index is -5.30. The van der Waals surface area contributed by atoms with Gasteiger partial charge < -0.3 is 43.1 Å². The molecule has 3 amide bonds. The molecule has 12 aromatic rings. The van der Waals surface area contributed by atoms with Gasteiger partial charge in [-0.1, -0.05) is 229 Å². The van der Waals surface area contributed by atoms with Crippen LogP contribution >= 0.6 is 35.3 Å². The predicted octanol–water partition coefficient (Wildman–Crippen LogP) is 22.8. The van der Waals surface area contributed by atoms with Crippen molar-refractivity contribution in [3.05, 3.63) is 350 Å². The van der Waals surface area contributed by atoms with Crippen molar-refractivity contribution in [1.29, 1.82) is 0 Å². The Kier molecular flexibility index (Phi) is 20.4. The summed E-state index contributed by atoms with van der Waals surface area (Å²) >= 11 is -0.0876. The average Bonchev–Trinajstić information content (AvgIpc) is 1.51. The summed E-state index contributed by atoms with van der Waals surface area (Å²) in [5.41, 5.74) is -25.4. The fourth-order valence-electron chi connectivity index (χ4n) is 13.7. The van der Waals surface area contributed by atoms with Crippen LogP contribution in [0.2, 0.25) is 0 Å². The van der Waals surface area contributed by atoms with Crippen molar-refractivity contribution in [2.45, 2.75) is 203 Å². The lowest BCUT2D eigenvalue weighted by atomic mass is 9.98. The van der Waals surface area contributed by atoms with E-state index in [4.69, 9.17) is 49.3 Å². The van der Waals surface area contributed by atoms with Crippen LogP contribution in [0.1, 0.15) is 236 Å². The maximum Gasteiger partial charge on any atom is 0.416 e. The van der Waals surface area contributed by atoms with Gasteiger partial charge in [0.05, 0.1) is 55.6 Å². The number of rotatable bonds is 39. The molecular weight excluding hydrogens is 1920 g/mol. The van der Waals surface area contributed by atoms with Gasteiger partial charge in [-0.3, -0.25) is 28.8 Å². The Hall–Kier alpha value is -11.9. The van der Waals surface area contributed by atoms with Crippen LogP contribution in [0.25, 0.3) is 33.4 Å². The molecule has 762 valence electrons. The van der Waals surface area contributed by atoms with E-state index < -0.39 is 356 Å². The van der Waals surface area contributed by atoms with Crippen LogP contribution in [0.3, 0.4) is 0 Å². The van der Waals surface area contributed by atoms with E-state index in [-0.39, 0.29) is 155 Å². The summed E-state index contributed by atoms with van der Waals surface area (Å²) in [7, 11) is 0. The summed E-state index contributed by atoms with van der Waals surface area (Å²) in [5.74, 6) is -12.6. The lowest BCUT2D eigenvalue weighted by Gasteiger charge is -2.33. The van der Waals surface area contributed by atoms with Gasteiger partial charge in [-0.2, -0.15) is 54.5 Å². The van der Waals surface area contributed by atoms with E-state index in [0.717, 1.165) is 173 Å². The van der Waals surface area contributed by atoms with Crippen molar-refractivity contribution in [3.8, 4) is 33.4 Å². The molecule has 33 heteroatoms. The number of carbonyl (C=O) groups excluding carboxylic acids is 3. The third-order valence-electron chi connectivity index (χ3n) is 20.8. The normalized spacial score (nSPS) is 22.4. The van der Waals surface area contributed by atoms with Crippen LogP contribution in [0.5, 0.6) is 0 Å². The fourth-order valence-corrected chi connectivity index (χ4v) is 15.8. The van der Waals surface area contributed by atoms with Crippen LogP contribution in [-0.2, 0) is 121 Å². The molecule has 2 atom stereocenters. The molecular formula is C111H120F12N12O6S3. The van der Waals surface area contributed by atoms with Crippen molar-refractivity contribution < 1.29 is 140 Å². The molecule has 0 fully saturated rings. The number of benzene rings is 9. The predicted molar refractivity (Wildman–Crippen MR) is 544 cm³/mol. The maximum absolute atomic E-state index is 15.3. The molecule has 144 heavy (non-hydrogen) atoms. The minimum absolute atomic E-state index is 0.0221. The van der Waals surface area contributed by atoms with Gasteiger partial charge in [-0.15, -0.1) is 0 Å². The maximum atomic E-state index is 15.3. The van der Waals surface area contributed by atoms with Crippen molar-refractivity contribution in [3.63, 3.8) is 0 Å². The SMILES string of the molecule is [2H]C([2H])(Sc1nc(=O)c2c(n1C([2H])([2H])C(=O)N(C([2H])(C)c1ccc(-c3ccc(C(F)(F)F)cc3)cc1)C([2H])([2H])C([2H])([2H])N(C([2H])([2H])C)C([2H])([2H])C)CCC2)c1ccc(F)cc1.[2H]C([2H])(Sc1nc(=O)c2c(n1C([2H])([2H])C(=O)N(C([2H])([2H])c1ccc(-c3ccc(C(F)(F)F)cc3)cc1)C([2H])([2H])C([2H])([2H])N(C([2H])([2H])C)C([2H])([2H])C)C([2H])([2H])C([2H])(C)C2([2H])[2H])c1ccc(F)cc1.[2H]c1c([2H])c(C([2H])([2H])N(C(=O)C([2H])([2H])n2c(SC([2H])([2H])c3ccc(F)cc3)nc(=O)c3c2CCC3)C([2H])([2H])C([2H])([2H])N(C([2H])([2H])C)C([2H])([2H])C)c([2H])c([2H])c1-c1c([2H])c([2H])c(C(F)(F)F)c(C)c1[2H]. The number of hydrogen-bond acceptors (Lipinski definition) is 15. The number of fused-ring (bicyclic) bond motifs is 3. The summed E-state index contributed by atoms with van der Waals surface area (Å²) in [6.45, 7) is -59.2. The molecule has 0 saturated heterocycles. The molecule has 18 nitrogen and oxygen atoms in total. The topological polar surface area (TPSA) is 175 Å². The lowest BCUT2D eigenvalue weighted by Crippen LogP contribution is -2.42. The van der Waals surface area contributed by atoms with Gasteiger partial charge in [0.25, 0.3) is 16.7 Å². The number of hydrogen-bond donors (Lipinski definition) is 0. The molecule has 3 aliphatic rings. The number of nitrogens with zero attached hydrogens (tertiary/aromatic N) is 12. The molecule has 0 bridgehead atoms. The zero-order chi connectivity index (χ0) is 151. The molecule has 15 rings (SSSR count). The smallest absolute Gasteiger partial charge is 0.336 e. The van der Waals surface area contributed by atoms with E-state index in [1.165, 1.54) is 24.3 Å². The molecule has 3 heterocycles. The van der Waals surface area contributed by atoms with Gasteiger partial charge in [-0.25, -0.2) is 13.2 Å². The molecule has 0 radical (unpaired) electrons. The summed E-state index contributed by atoms with van der Waals surface area (Å²) in [6, 6.07) is 14.3. The minimum Gasteiger partial charge on any atom is -0.336 e. The largest absolute Gasteiger partial charge is 0.416 e. The van der Waals surface area contributed by atoms with Crippen LogP contribution in [0, 0.1) is 30.3 Å². The molecule has 9 aromatic carbocycles. The molecule has 3 aliphatic carbocycles. The van der Waals surface area contributed by atoms with Crippen LogP contribution < -0.4 is 16.7 Å². The third-order valence-corrected chi connectivity index (χ3v) is 23.2. The van der Waals surface area contributed by atoms with E-state index in [9.17, 15) is 90.4 Å². The van der Waals surface area contributed by atoms with E-state index in [0.29, 0.717) is 43.8 Å². The first-order chi connectivity index (χ1) is 88.6. The zero-order valence-corrected chi connectivity index (χ0v) is 79.4. The molecule has 0 spiro atoms. The molecule has 0 N–H and O–H groups in total. The highest BCUT2D eigenvalue weighted by Gasteiger charge is 2.36. The Bertz CT molecular complexity index is 9310. The summed E-state index contributed by atoms with van der Waals surface area (Å²) in [5, 5.41) is -3.01. The lowest BCUT2D eigenvalue weighted by molar-refractivity contribution is -0.138. The molecule has 0 saturated carbocycles. The van der Waals surface area contributed by atoms with Crippen molar-refractivity contribution in [2.24, 2.45) is 5.89 Å². The quantitative estimate of drug-likeness (QED) is 0.0202. The summed E-state index contributed by atoms with van der Waals surface area (Å²) in [4.78, 5) is 94.8. The van der Waals surface area contributed by atoms with E-state index in [1.807, 2.05) is 0 Å². The number of likely N-dealkylation sites (N-methyl/N-ethyl adjacent to an activating group) is 3. The number of halogens is 12. The van der Waals surface area contributed by atoms with E-state index in [1.54, 1.807) is 0 Å². The number of alkyl halides is 9. The standard InChI is InChI=1S/3C37H40F4N4O2S/c1-4-43(5-2)18-19-44(22-26-6-10-28(11-7-26)29-12-14-30(15-13-29)37(39,40)41)34(46)23-45-33-21-25(3)20-32(33)35(47)42-36(45)48-24-27-8-16-31(38)17-9-27;1-4-43(5-2)21-22-44(25(3)27-11-13-28(14-12-27)29-15-17-30(18-16-29)37(39,40)41)34(46)23-45-33-8-6-7-32(33)35(47)42-36(45)48-24-26-9-19-31(38)20-10-26;1-4-43(5-2)19-20-44(22-26-9-13-28(14-10-26)29-15-18-32(25(3)21-29)37(39,40)41)34(46)23-45-33-8-6-7-31(33)35(47)42-36(45)48-24-27-11-16-30(38)17-12-27/h6-17,25H,4-5,18-24H2,1-3H3;9-20,25H,4-8,21-24H2,1-3H3;9-18,21H,4-8,19-20,22-24H2,1-3H3/i4D2,5D2,18D2,19D2,20D2,21D2,22D2,23D2,24D2,25D;4D2,5D2,21D2,22D2,23D2,24D2,25D;4D2,5D2,9D,10D,13D,14D,15D,18D,19D2,20D2,21D,22D2,23D2,24D2. The van der Waals surface area contributed by atoms with Gasteiger partial charge in [0.1, 0.15) is 36.9 Å². The Morgan fingerprint density at radius 1 is 0.424 bits per heavy atom. The Morgan fingerprint density at radius 2 is 0.771 bits per heavy atom. The summed E-state index contributed by atoms with van der Waals surface area (Å²) in [6.07, 6.45) is -21.7. The van der Waals surface area contributed by atoms with Crippen molar-refractivity contribution in [2.75, 3.05) is 78.0 Å². The summed E-state index contributed by atoms with van der Waals surface area (Å²) < 4.78 is 633. The van der Waals surface area contributed by atoms with Crippen molar-refractivity contribution in [1.82, 2.24) is 58.1 Å². The Labute approximate surface area is 919 Å². The monoisotopic (exact) mass is 2090 g/mol. The molecule has 0 aliphatic heterocycles. The first-order valence-electron chi connectivity index (χ1n) is 69.3. The zero-order valence-electron chi connectivity index (χ0n) is 130. The second-order valence-corrected chi connectivity index (χ2v) is 32.6. The van der Waals surface area contributed by atoms with Crippen LogP contribution in [-0.4, -0.2) is 154 Å². The highest BCUT2D eigenvalue weighted by molar-refractivity contribution is 7.98. The third kappa shape index (κ3) is 29.1. The van der Waals surface area contributed by atoms with E-state index >= 15 is 14.4 Å². The number of carbonyl (C=O) groups is 3. The van der Waals surface area contributed by atoms with E-state index in [2.05, 4.69) is 15.0 Å². The fraction of sp³-hybridized carbons (Fsp3) is 0.378. The highest BCUT2D eigenvalue weighted by atomic mass is 32.2. The van der Waals surface area contributed by atoms with Gasteiger partial charge in [0.2, 0.25) is 17.7 Å². The number of aromatic nitrogens is 6. The second-order valence-electron chi connectivity index (χ2n) is 30.3. The highest BCUT2D eigenvalue weighted by Crippen LogP contribution is 2.39. The Balaban J connectivity index is 0.000000238. The van der Waals surface area contributed by atoms with Gasteiger partial charge >= 0.3 is 18.5 Å². The average molecular weight is 2100 g/mol. The van der Waals surface area contributed by atoms with Gasteiger partial charge in [-0.05, 0) is 249 Å². The Morgan fingerprint density at radius 3 is 1.16 bits per heavy atom. The molecule has 3 aromatic heterocycles. The second kappa shape index (κ2) is 50.3. The van der Waals surface area contributed by atoms with Gasteiger partial charge in [0.15, 0.2) is 15.5 Å². The first kappa shape index (κ1) is 58.5. The molecule has 2 unspecified atom stereocenters. The van der Waals surface area contributed by atoms with Crippen LogP contribution in [0.15, 0.2) is 242 Å². The number of thioether (sulfide) groups is 3. The number of amides is 3. The van der Waals surface area contributed by atoms with Gasteiger partial charge in [0, 0.05) is 143 Å². The van der Waals surface area contributed by atoms with Crippen LogP contribution in [0.4, 0.5) is 52.7 Å². The first-order valence-corrected chi connectivity index (χ1v) is 45.2.